The van der Waals surface area contributed by atoms with Crippen LogP contribution in [-0.2, 0) is 16.4 Å². The number of sulfonamides is 1. The van der Waals surface area contributed by atoms with Gasteiger partial charge in [-0.1, -0.05) is 24.3 Å². The lowest BCUT2D eigenvalue weighted by atomic mass is 10.1. The van der Waals surface area contributed by atoms with E-state index in [4.69, 9.17) is 9.47 Å². The number of anilines is 1. The molecule has 0 saturated heterocycles. The molecule has 1 aliphatic heterocycles. The van der Waals surface area contributed by atoms with Crippen LogP contribution in [-0.4, -0.2) is 34.1 Å². The van der Waals surface area contributed by atoms with Crippen molar-refractivity contribution in [3.05, 3.63) is 83.7 Å². The van der Waals surface area contributed by atoms with E-state index in [0.29, 0.717) is 37.7 Å². The quantitative estimate of drug-likeness (QED) is 0.569. The normalized spacial score (nSPS) is 12.8. The van der Waals surface area contributed by atoms with Crippen molar-refractivity contribution in [2.24, 2.45) is 0 Å². The summed E-state index contributed by atoms with van der Waals surface area (Å²) in [6.07, 6.45) is 0.511. The molecule has 0 unspecified atom stereocenters. The fourth-order valence-corrected chi connectivity index (χ4v) is 4.33. The number of fused-ring (bicyclic) bond motifs is 1. The maximum absolute atomic E-state index is 13.0. The Kier molecular flexibility index (Phi) is 6.27. The topological polar surface area (TPSA) is 93.7 Å². The first-order valence-electron chi connectivity index (χ1n) is 9.96. The molecule has 1 amide bonds. The number of nitrogens with one attached hydrogen (secondary N) is 2. The molecule has 0 bridgehead atoms. The number of hydrogen-bond donors (Lipinski definition) is 2. The smallest absolute Gasteiger partial charge is 0.262 e. The zero-order valence-electron chi connectivity index (χ0n) is 17.0. The van der Waals surface area contributed by atoms with Crippen LogP contribution in [0, 0.1) is 5.82 Å². The molecule has 1 heterocycles. The van der Waals surface area contributed by atoms with Gasteiger partial charge in [0.05, 0.1) is 16.1 Å². The Morgan fingerprint density at radius 1 is 0.938 bits per heavy atom. The summed E-state index contributed by atoms with van der Waals surface area (Å²) in [6.45, 7) is 1.06. The van der Waals surface area contributed by atoms with Crippen molar-refractivity contribution in [3.8, 4) is 11.5 Å². The Morgan fingerprint density at radius 2 is 1.66 bits per heavy atom. The Bertz CT molecular complexity index is 1230. The van der Waals surface area contributed by atoms with E-state index in [9.17, 15) is 17.6 Å². The lowest BCUT2D eigenvalue weighted by Crippen LogP contribution is -2.27. The highest BCUT2D eigenvalue weighted by Gasteiger charge is 2.21. The molecule has 0 aromatic heterocycles. The number of ether oxygens (including phenoxy) is 2. The summed E-state index contributed by atoms with van der Waals surface area (Å²) in [7, 11) is -3.97. The van der Waals surface area contributed by atoms with Crippen LogP contribution < -0.4 is 19.5 Å². The lowest BCUT2D eigenvalue weighted by Gasteiger charge is -2.19. The molecule has 0 aliphatic carbocycles. The third-order valence-corrected chi connectivity index (χ3v) is 6.22. The molecule has 9 heteroatoms. The molecule has 0 radical (unpaired) electrons. The largest absolute Gasteiger partial charge is 0.486 e. The Balaban J connectivity index is 1.46. The van der Waals surface area contributed by atoms with Crippen molar-refractivity contribution < 1.29 is 27.1 Å². The van der Waals surface area contributed by atoms with E-state index in [-0.39, 0.29) is 22.0 Å². The summed E-state index contributed by atoms with van der Waals surface area (Å²) in [6, 6.07) is 16.7. The molecule has 3 aromatic rings. The maximum Gasteiger partial charge on any atom is 0.262 e. The zero-order valence-corrected chi connectivity index (χ0v) is 17.8. The summed E-state index contributed by atoms with van der Waals surface area (Å²) in [5.74, 6) is 0.0895. The van der Waals surface area contributed by atoms with E-state index in [2.05, 4.69) is 10.0 Å². The molecule has 3 aromatic carbocycles. The fourth-order valence-electron chi connectivity index (χ4n) is 3.23. The number of halogens is 1. The van der Waals surface area contributed by atoms with Crippen molar-refractivity contribution in [3.63, 3.8) is 0 Å². The van der Waals surface area contributed by atoms with E-state index < -0.39 is 15.9 Å². The van der Waals surface area contributed by atoms with Crippen LogP contribution in [0.25, 0.3) is 0 Å². The Labute approximate surface area is 185 Å². The monoisotopic (exact) mass is 456 g/mol. The van der Waals surface area contributed by atoms with Crippen LogP contribution in [0.1, 0.15) is 15.9 Å². The van der Waals surface area contributed by atoms with Crippen LogP contribution in [0.4, 0.5) is 10.1 Å². The van der Waals surface area contributed by atoms with Crippen molar-refractivity contribution >= 4 is 21.6 Å². The van der Waals surface area contributed by atoms with Gasteiger partial charge in [-0.05, 0) is 48.4 Å². The minimum absolute atomic E-state index is 0.00623. The van der Waals surface area contributed by atoms with Gasteiger partial charge >= 0.3 is 0 Å². The molecule has 0 fully saturated rings. The van der Waals surface area contributed by atoms with Crippen LogP contribution in [0.2, 0.25) is 0 Å². The Morgan fingerprint density at radius 3 is 2.44 bits per heavy atom. The zero-order chi connectivity index (χ0) is 22.6. The van der Waals surface area contributed by atoms with Gasteiger partial charge in [0, 0.05) is 12.6 Å². The summed E-state index contributed by atoms with van der Waals surface area (Å²) in [5.41, 5.74) is 1.22. The molecular formula is C23H21FN2O5S. The first-order valence-corrected chi connectivity index (χ1v) is 11.4. The standard InChI is InChI=1S/C23H21FN2O5S/c24-17-7-5-16(6-8-17)11-12-25-23(27)19-3-1-2-4-20(19)26-32(28,29)18-9-10-21-22(15-18)31-14-13-30-21/h1-10,15,26H,11-14H2,(H,25,27). The van der Waals surface area contributed by atoms with Gasteiger partial charge in [-0.3, -0.25) is 9.52 Å². The van der Waals surface area contributed by atoms with Gasteiger partial charge in [0.15, 0.2) is 11.5 Å². The van der Waals surface area contributed by atoms with Crippen LogP contribution in [0.15, 0.2) is 71.6 Å². The van der Waals surface area contributed by atoms with E-state index in [1.807, 2.05) is 0 Å². The van der Waals surface area contributed by atoms with E-state index in [1.165, 1.54) is 42.5 Å². The van der Waals surface area contributed by atoms with Gasteiger partial charge in [0.1, 0.15) is 19.0 Å². The van der Waals surface area contributed by atoms with Crippen LogP contribution in [0.5, 0.6) is 11.5 Å². The highest BCUT2D eigenvalue weighted by molar-refractivity contribution is 7.92. The number of amides is 1. The van der Waals surface area contributed by atoms with Crippen molar-refractivity contribution in [1.29, 1.82) is 0 Å². The molecule has 0 spiro atoms. The summed E-state index contributed by atoms with van der Waals surface area (Å²) >= 11 is 0. The molecule has 32 heavy (non-hydrogen) atoms. The van der Waals surface area contributed by atoms with Crippen molar-refractivity contribution in [1.82, 2.24) is 5.32 Å². The van der Waals surface area contributed by atoms with Crippen molar-refractivity contribution in [2.45, 2.75) is 11.3 Å². The summed E-state index contributed by atoms with van der Waals surface area (Å²) in [4.78, 5) is 12.7. The molecule has 1 aliphatic rings. The molecule has 166 valence electrons. The average molecular weight is 456 g/mol. The van der Waals surface area contributed by atoms with E-state index in [1.54, 1.807) is 24.3 Å². The van der Waals surface area contributed by atoms with Gasteiger partial charge in [0.25, 0.3) is 15.9 Å². The van der Waals surface area contributed by atoms with E-state index in [0.717, 1.165) is 5.56 Å². The average Bonchev–Trinajstić information content (AvgIpc) is 2.80. The number of carbonyl (C=O) groups is 1. The number of hydrogen-bond acceptors (Lipinski definition) is 5. The molecule has 7 nitrogen and oxygen atoms in total. The molecule has 4 rings (SSSR count). The molecular weight excluding hydrogens is 435 g/mol. The third kappa shape index (κ3) is 5.00. The van der Waals surface area contributed by atoms with Gasteiger partial charge in [-0.25, -0.2) is 12.8 Å². The SMILES string of the molecule is O=C(NCCc1ccc(F)cc1)c1ccccc1NS(=O)(=O)c1ccc2c(c1)OCCO2. The van der Waals surface area contributed by atoms with E-state index >= 15 is 0 Å². The summed E-state index contributed by atoms with van der Waals surface area (Å²) < 4.78 is 52.2. The first kappa shape index (κ1) is 21.6. The highest BCUT2D eigenvalue weighted by atomic mass is 32.2. The van der Waals surface area contributed by atoms with Crippen molar-refractivity contribution in [2.75, 3.05) is 24.5 Å². The second-order valence-electron chi connectivity index (χ2n) is 7.09. The second kappa shape index (κ2) is 9.27. The minimum atomic E-state index is -3.97. The molecule has 0 saturated carbocycles. The van der Waals surface area contributed by atoms with Gasteiger partial charge < -0.3 is 14.8 Å². The van der Waals surface area contributed by atoms with Crippen LogP contribution >= 0.6 is 0 Å². The maximum atomic E-state index is 13.0. The first-order chi connectivity index (χ1) is 15.4. The predicted molar refractivity (Wildman–Crippen MR) is 117 cm³/mol. The second-order valence-corrected chi connectivity index (χ2v) is 8.77. The molecule has 0 atom stereocenters. The number of benzene rings is 3. The highest BCUT2D eigenvalue weighted by Crippen LogP contribution is 2.33. The van der Waals surface area contributed by atoms with Gasteiger partial charge in [-0.2, -0.15) is 0 Å². The van der Waals surface area contributed by atoms with Gasteiger partial charge in [-0.15, -0.1) is 0 Å². The summed E-state index contributed by atoms with van der Waals surface area (Å²) in [5, 5.41) is 2.76. The fraction of sp³-hybridized carbons (Fsp3) is 0.174. The number of carbonyl (C=O) groups excluding carboxylic acids is 1. The lowest BCUT2D eigenvalue weighted by molar-refractivity contribution is 0.0955. The minimum Gasteiger partial charge on any atom is -0.486 e. The van der Waals surface area contributed by atoms with Gasteiger partial charge in [0.2, 0.25) is 0 Å². The molecule has 2 N–H and O–H groups in total. The number of rotatable bonds is 7. The number of para-hydroxylation sites is 1. The Hall–Kier alpha value is -3.59. The predicted octanol–water partition coefficient (Wildman–Crippen LogP) is 3.37. The third-order valence-electron chi connectivity index (χ3n) is 4.85. The van der Waals surface area contributed by atoms with Crippen LogP contribution in [0.3, 0.4) is 0 Å².